The Morgan fingerprint density at radius 1 is 0.868 bits per heavy atom. The Hall–Kier alpha value is -4.16. The van der Waals surface area contributed by atoms with Crippen LogP contribution < -0.4 is 5.32 Å². The van der Waals surface area contributed by atoms with Crippen molar-refractivity contribution >= 4 is 35.4 Å². The average molecular weight is 747 g/mol. The topological polar surface area (TPSA) is 128 Å². The van der Waals surface area contributed by atoms with Gasteiger partial charge in [-0.15, -0.1) is 0 Å². The van der Waals surface area contributed by atoms with Crippen LogP contribution in [0.2, 0.25) is 0 Å². The Morgan fingerprint density at radius 3 is 2.08 bits per heavy atom. The van der Waals surface area contributed by atoms with E-state index < -0.39 is 65.3 Å². The number of rotatable bonds is 13. The van der Waals surface area contributed by atoms with Gasteiger partial charge in [0, 0.05) is 20.0 Å². The number of halogens is 3. The van der Waals surface area contributed by atoms with E-state index in [0.717, 1.165) is 38.2 Å². The van der Waals surface area contributed by atoms with Crippen molar-refractivity contribution in [3.05, 3.63) is 53.1 Å². The molecule has 0 saturated heterocycles. The molecule has 0 bridgehead atoms. The largest absolute Gasteiger partial charge is 0.465 e. The Bertz CT molecular complexity index is 1540. The molecule has 1 N–H and O–H groups in total. The van der Waals surface area contributed by atoms with Gasteiger partial charge in [0.25, 0.3) is 5.91 Å². The molecule has 0 spiro atoms. The molecule has 1 aromatic carbocycles. The Kier molecular flexibility index (Phi) is 14.3. The van der Waals surface area contributed by atoms with Crippen LogP contribution in [0.5, 0.6) is 0 Å². The third-order valence-corrected chi connectivity index (χ3v) is 10.9. The van der Waals surface area contributed by atoms with Gasteiger partial charge in [-0.3, -0.25) is 24.0 Å². The monoisotopic (exact) mass is 746 g/mol. The smallest absolute Gasteiger partial charge is 0.416 e. The highest BCUT2D eigenvalue weighted by Crippen LogP contribution is 2.44. The van der Waals surface area contributed by atoms with Crippen molar-refractivity contribution in [3.8, 4) is 0 Å². The lowest BCUT2D eigenvalue weighted by atomic mass is 9.67. The molecule has 3 unspecified atom stereocenters. The molecule has 0 aromatic heterocycles. The molecule has 3 aliphatic carbocycles. The maximum absolute atomic E-state index is 13.9. The first-order chi connectivity index (χ1) is 25.1. The molecule has 53 heavy (non-hydrogen) atoms. The molecule has 3 aliphatic rings. The van der Waals surface area contributed by atoms with Gasteiger partial charge in [-0.1, -0.05) is 63.3 Å². The summed E-state index contributed by atoms with van der Waals surface area (Å²) in [7, 11) is 3.11. The third-order valence-electron chi connectivity index (χ3n) is 10.9. The lowest BCUT2D eigenvalue weighted by Gasteiger charge is -2.38. The van der Waals surface area contributed by atoms with Gasteiger partial charge in [-0.2, -0.15) is 13.2 Å². The van der Waals surface area contributed by atoms with Crippen molar-refractivity contribution < 1.29 is 51.4 Å². The number of nitrogens with zero attached hydrogens (tertiary/aromatic N) is 1. The lowest BCUT2D eigenvalue weighted by Crippen LogP contribution is -2.52. The number of hydrogen-bond acceptors (Lipinski definition) is 8. The molecule has 13 heteroatoms. The van der Waals surface area contributed by atoms with Crippen molar-refractivity contribution in [1.29, 1.82) is 0 Å². The number of benzene rings is 1. The van der Waals surface area contributed by atoms with E-state index in [4.69, 9.17) is 14.2 Å². The van der Waals surface area contributed by atoms with Gasteiger partial charge in [0.15, 0.2) is 0 Å². The van der Waals surface area contributed by atoms with Crippen LogP contribution in [0.1, 0.15) is 94.5 Å². The van der Waals surface area contributed by atoms with E-state index in [-0.39, 0.29) is 48.6 Å². The average Bonchev–Trinajstić information content (AvgIpc) is 3.12. The van der Waals surface area contributed by atoms with Crippen LogP contribution in [0.4, 0.5) is 18.9 Å². The summed E-state index contributed by atoms with van der Waals surface area (Å²) in [4.78, 5) is 68.7. The third kappa shape index (κ3) is 9.89. The van der Waals surface area contributed by atoms with Gasteiger partial charge < -0.3 is 24.4 Å². The number of carbonyl (C=O) groups excluding carboxylic acids is 5. The fourth-order valence-corrected chi connectivity index (χ4v) is 8.14. The van der Waals surface area contributed by atoms with Crippen LogP contribution in [0, 0.1) is 35.0 Å². The number of allylic oxidation sites excluding steroid dienone is 4. The molecule has 2 fully saturated rings. The minimum Gasteiger partial charge on any atom is -0.465 e. The maximum Gasteiger partial charge on any atom is 0.416 e. The molecule has 1 aromatic rings. The summed E-state index contributed by atoms with van der Waals surface area (Å²) in [5, 5.41) is 2.92. The van der Waals surface area contributed by atoms with Gasteiger partial charge >= 0.3 is 24.1 Å². The SMILES string of the molecule is CCOC(=O)C(COC(=O)Cc1ccc(NC(=O)C2CCCCC2[C@H]2C=CC(C(F)(F)F)=CC2C)c(C(=O)N(C)C)c1)(C(=O)OCC)C1CCCCC1. The number of anilines is 1. The number of esters is 3. The second-order valence-corrected chi connectivity index (χ2v) is 14.6. The molecule has 0 heterocycles. The van der Waals surface area contributed by atoms with E-state index in [1.165, 1.54) is 17.0 Å². The minimum absolute atomic E-state index is 0.0323. The van der Waals surface area contributed by atoms with E-state index in [1.54, 1.807) is 53.1 Å². The summed E-state index contributed by atoms with van der Waals surface area (Å²) in [5.41, 5.74) is -1.71. The fourth-order valence-electron chi connectivity index (χ4n) is 8.14. The van der Waals surface area contributed by atoms with E-state index >= 15 is 0 Å². The number of alkyl halides is 3. The van der Waals surface area contributed by atoms with E-state index in [1.807, 2.05) is 0 Å². The molecule has 2 saturated carbocycles. The second kappa shape index (κ2) is 18.2. The lowest BCUT2D eigenvalue weighted by molar-refractivity contribution is -0.185. The summed E-state index contributed by atoms with van der Waals surface area (Å²) in [6.45, 7) is 4.53. The Morgan fingerprint density at radius 2 is 1.49 bits per heavy atom. The van der Waals surface area contributed by atoms with Gasteiger partial charge in [0.1, 0.15) is 6.61 Å². The molecule has 4 rings (SSSR count). The Labute approximate surface area is 309 Å². The van der Waals surface area contributed by atoms with Gasteiger partial charge in [0.05, 0.1) is 36.5 Å². The highest BCUT2D eigenvalue weighted by molar-refractivity contribution is 6.04. The molecule has 0 aliphatic heterocycles. The summed E-state index contributed by atoms with van der Waals surface area (Å²) in [5.74, 6) is -4.81. The predicted octanol–water partition coefficient (Wildman–Crippen LogP) is 7.22. The maximum atomic E-state index is 13.9. The standard InChI is InChI=1S/C40H53F3N2O8/c1-6-51-37(49)39(38(50)52-7-2,27-13-9-8-10-14-27)24-53-34(46)23-26-17-20-33(32(22-26)36(48)45(4)5)44-35(47)31-16-12-11-15-30(31)29-19-18-28(21-25(29)3)40(41,42)43/h17-22,25,27,29-31H,6-16,23-24H2,1-5H3,(H,44,47)/t25?,29-,30?,31?/m0/s1. The summed E-state index contributed by atoms with van der Waals surface area (Å²) < 4.78 is 56.5. The molecule has 0 radical (unpaired) electrons. The van der Waals surface area contributed by atoms with E-state index in [2.05, 4.69) is 5.32 Å². The quantitative estimate of drug-likeness (QED) is 0.127. The first kappa shape index (κ1) is 41.6. The zero-order chi connectivity index (χ0) is 38.9. The van der Waals surface area contributed by atoms with E-state index in [9.17, 15) is 37.1 Å². The molecule has 2 amide bonds. The molecular formula is C40H53F3N2O8. The van der Waals surface area contributed by atoms with Crippen molar-refractivity contribution in [1.82, 2.24) is 4.90 Å². The normalized spacial score (nSPS) is 22.3. The number of hydrogen-bond donors (Lipinski definition) is 1. The highest BCUT2D eigenvalue weighted by Gasteiger charge is 2.56. The van der Waals surface area contributed by atoms with Crippen LogP contribution in [-0.4, -0.2) is 74.7 Å². The van der Waals surface area contributed by atoms with Crippen molar-refractivity contribution in [3.63, 3.8) is 0 Å². The predicted molar refractivity (Wildman–Crippen MR) is 191 cm³/mol. The van der Waals surface area contributed by atoms with Crippen molar-refractivity contribution in [2.45, 2.75) is 91.2 Å². The van der Waals surface area contributed by atoms with E-state index in [0.29, 0.717) is 31.2 Å². The first-order valence-corrected chi connectivity index (χ1v) is 18.8. The van der Waals surface area contributed by atoms with Gasteiger partial charge in [0.2, 0.25) is 11.3 Å². The van der Waals surface area contributed by atoms with Crippen LogP contribution >= 0.6 is 0 Å². The fraction of sp³-hybridized carbons (Fsp3) is 0.625. The molecule has 10 nitrogen and oxygen atoms in total. The summed E-state index contributed by atoms with van der Waals surface area (Å²) in [6.07, 6.45) is 5.81. The highest BCUT2D eigenvalue weighted by atomic mass is 19.4. The summed E-state index contributed by atoms with van der Waals surface area (Å²) in [6, 6.07) is 4.63. The number of amides is 2. The van der Waals surface area contributed by atoms with Crippen LogP contribution in [0.3, 0.4) is 0 Å². The van der Waals surface area contributed by atoms with Crippen LogP contribution in [-0.2, 0) is 39.8 Å². The Balaban J connectivity index is 1.53. The minimum atomic E-state index is -4.44. The first-order valence-electron chi connectivity index (χ1n) is 18.8. The van der Waals surface area contributed by atoms with Crippen molar-refractivity contribution in [2.75, 3.05) is 39.2 Å². The van der Waals surface area contributed by atoms with Gasteiger partial charge in [-0.05, 0) is 80.9 Å². The zero-order valence-corrected chi connectivity index (χ0v) is 31.4. The molecule has 292 valence electrons. The zero-order valence-electron chi connectivity index (χ0n) is 31.4. The number of ether oxygens (including phenoxy) is 3. The van der Waals surface area contributed by atoms with Gasteiger partial charge in [-0.25, -0.2) is 0 Å². The molecule has 4 atom stereocenters. The van der Waals surface area contributed by atoms with Crippen LogP contribution in [0.15, 0.2) is 42.0 Å². The number of carbonyl (C=O) groups is 5. The van der Waals surface area contributed by atoms with Crippen LogP contribution in [0.25, 0.3) is 0 Å². The van der Waals surface area contributed by atoms with Crippen molar-refractivity contribution in [2.24, 2.45) is 35.0 Å². The molecular weight excluding hydrogens is 693 g/mol. The number of nitrogens with one attached hydrogen (secondary N) is 1. The second-order valence-electron chi connectivity index (χ2n) is 14.6. The summed E-state index contributed by atoms with van der Waals surface area (Å²) >= 11 is 0.